The SMILES string of the molecule is CCCCCCCCCCCCCC(O)CCCC(CCC)S(=O)(=O)[O-].[K+]. The van der Waals surface area contributed by atoms with Gasteiger partial charge in [0.05, 0.1) is 16.2 Å². The summed E-state index contributed by atoms with van der Waals surface area (Å²) in [4.78, 5) is 0. The van der Waals surface area contributed by atoms with E-state index in [4.69, 9.17) is 0 Å². The summed E-state index contributed by atoms with van der Waals surface area (Å²) in [7, 11) is -4.20. The van der Waals surface area contributed by atoms with Crippen molar-refractivity contribution in [1.29, 1.82) is 0 Å². The summed E-state index contributed by atoms with van der Waals surface area (Å²) in [5.74, 6) is 0. The van der Waals surface area contributed by atoms with Crippen molar-refractivity contribution >= 4 is 10.1 Å². The van der Waals surface area contributed by atoms with Gasteiger partial charge in [-0.05, 0) is 32.1 Å². The van der Waals surface area contributed by atoms with Gasteiger partial charge in [0.25, 0.3) is 0 Å². The maximum atomic E-state index is 11.2. The van der Waals surface area contributed by atoms with Crippen molar-refractivity contribution in [2.75, 3.05) is 0 Å². The van der Waals surface area contributed by atoms with E-state index in [0.29, 0.717) is 32.1 Å². The molecule has 0 aliphatic heterocycles. The Morgan fingerprint density at radius 2 is 1.11 bits per heavy atom. The van der Waals surface area contributed by atoms with E-state index in [9.17, 15) is 18.1 Å². The Kier molecular flexibility index (Phi) is 23.6. The van der Waals surface area contributed by atoms with Gasteiger partial charge < -0.3 is 9.66 Å². The molecule has 0 fully saturated rings. The first-order chi connectivity index (χ1) is 12.4. The third kappa shape index (κ3) is 20.6. The van der Waals surface area contributed by atoms with Gasteiger partial charge in [-0.15, -0.1) is 0 Å². The molecule has 6 heteroatoms. The van der Waals surface area contributed by atoms with Crippen molar-refractivity contribution < 1.29 is 69.5 Å². The largest absolute Gasteiger partial charge is 1.00 e. The van der Waals surface area contributed by atoms with Crippen molar-refractivity contribution in [3.05, 3.63) is 0 Å². The first-order valence-electron chi connectivity index (χ1n) is 11.0. The number of aliphatic hydroxyl groups excluding tert-OH is 1. The minimum atomic E-state index is -4.20. The van der Waals surface area contributed by atoms with E-state index >= 15 is 0 Å². The molecule has 4 nitrogen and oxygen atoms in total. The molecule has 0 bridgehead atoms. The summed E-state index contributed by atoms with van der Waals surface area (Å²) in [6.07, 6.45) is 17.4. The average Bonchev–Trinajstić information content (AvgIpc) is 2.58. The van der Waals surface area contributed by atoms with Crippen LogP contribution in [0, 0.1) is 0 Å². The summed E-state index contributed by atoms with van der Waals surface area (Å²) in [5.41, 5.74) is 0. The number of unbranched alkanes of at least 4 members (excludes halogenated alkanes) is 10. The summed E-state index contributed by atoms with van der Waals surface area (Å²) < 4.78 is 33.5. The normalized spacial score (nSPS) is 13.9. The summed E-state index contributed by atoms with van der Waals surface area (Å²) in [6, 6.07) is 0. The summed E-state index contributed by atoms with van der Waals surface area (Å²) >= 11 is 0. The van der Waals surface area contributed by atoms with Crippen LogP contribution in [0.2, 0.25) is 0 Å². The molecule has 0 heterocycles. The third-order valence-corrected chi connectivity index (χ3v) is 6.51. The van der Waals surface area contributed by atoms with Crippen molar-refractivity contribution in [1.82, 2.24) is 0 Å². The fourth-order valence-electron chi connectivity index (χ4n) is 3.52. The van der Waals surface area contributed by atoms with E-state index in [1.807, 2.05) is 6.92 Å². The minimum Gasteiger partial charge on any atom is -0.748 e. The molecule has 1 N–H and O–H groups in total. The molecule has 0 aliphatic rings. The second-order valence-corrected chi connectivity index (χ2v) is 9.46. The van der Waals surface area contributed by atoms with Crippen LogP contribution in [0.4, 0.5) is 0 Å². The van der Waals surface area contributed by atoms with Crippen LogP contribution in [0.1, 0.15) is 123 Å². The van der Waals surface area contributed by atoms with Crippen LogP contribution < -0.4 is 51.4 Å². The Morgan fingerprint density at radius 1 is 0.667 bits per heavy atom. The monoisotopic (exact) mass is 430 g/mol. The molecule has 27 heavy (non-hydrogen) atoms. The van der Waals surface area contributed by atoms with Gasteiger partial charge in [0.1, 0.15) is 0 Å². The molecule has 0 rings (SSSR count). The van der Waals surface area contributed by atoms with Crippen LogP contribution in [0.5, 0.6) is 0 Å². The topological polar surface area (TPSA) is 77.4 Å². The van der Waals surface area contributed by atoms with Crippen LogP contribution in [0.25, 0.3) is 0 Å². The van der Waals surface area contributed by atoms with Crippen LogP contribution in [0.15, 0.2) is 0 Å². The number of rotatable bonds is 19. The maximum Gasteiger partial charge on any atom is 1.00 e. The van der Waals surface area contributed by atoms with E-state index in [0.717, 1.165) is 12.8 Å². The first kappa shape index (κ1) is 30.7. The van der Waals surface area contributed by atoms with Gasteiger partial charge in [0.15, 0.2) is 0 Å². The second-order valence-electron chi connectivity index (χ2n) is 7.81. The van der Waals surface area contributed by atoms with Crippen LogP contribution in [-0.4, -0.2) is 29.4 Å². The van der Waals surface area contributed by atoms with Crippen molar-refractivity contribution in [2.24, 2.45) is 0 Å². The predicted octanol–water partition coefficient (Wildman–Crippen LogP) is 2.94. The molecular weight excluding hydrogens is 387 g/mol. The molecule has 0 saturated heterocycles. The molecule has 0 saturated carbocycles. The van der Waals surface area contributed by atoms with E-state index in [2.05, 4.69) is 6.92 Å². The smallest absolute Gasteiger partial charge is 0.748 e. The number of hydrogen-bond acceptors (Lipinski definition) is 4. The van der Waals surface area contributed by atoms with Crippen LogP contribution >= 0.6 is 0 Å². The van der Waals surface area contributed by atoms with Crippen LogP contribution in [-0.2, 0) is 10.1 Å². The molecule has 2 atom stereocenters. The number of hydrogen-bond donors (Lipinski definition) is 1. The molecule has 0 amide bonds. The van der Waals surface area contributed by atoms with Gasteiger partial charge in [0, 0.05) is 5.25 Å². The molecule has 0 aromatic rings. The minimum absolute atomic E-state index is 0. The Hall–Kier alpha value is 1.51. The average molecular weight is 431 g/mol. The Bertz CT molecular complexity index is 401. The zero-order valence-electron chi connectivity index (χ0n) is 18.3. The van der Waals surface area contributed by atoms with Crippen molar-refractivity contribution in [3.63, 3.8) is 0 Å². The van der Waals surface area contributed by atoms with Gasteiger partial charge in [0.2, 0.25) is 0 Å². The summed E-state index contributed by atoms with van der Waals surface area (Å²) in [6.45, 7) is 4.14. The van der Waals surface area contributed by atoms with Gasteiger partial charge >= 0.3 is 51.4 Å². The second kappa shape index (κ2) is 20.8. The summed E-state index contributed by atoms with van der Waals surface area (Å²) in [5, 5.41) is 9.23. The predicted molar refractivity (Wildman–Crippen MR) is 109 cm³/mol. The third-order valence-electron chi connectivity index (χ3n) is 5.22. The first-order valence-corrected chi connectivity index (χ1v) is 12.5. The molecule has 0 aromatic carbocycles. The Balaban J connectivity index is 0. The zero-order chi connectivity index (χ0) is 19.7. The molecular formula is C21H43KO4S. The standard InChI is InChI=1S/C21H44O4S.K/c1-3-5-6-7-8-9-10-11-12-13-14-17-20(22)18-15-19-21(16-4-2)26(23,24)25;/h20-22H,3-19H2,1-2H3,(H,23,24,25);/q;+1/p-1. The molecule has 0 aromatic heterocycles. The molecule has 0 aliphatic carbocycles. The molecule has 2 unspecified atom stereocenters. The molecule has 0 spiro atoms. The van der Waals surface area contributed by atoms with E-state index in [1.165, 1.54) is 64.2 Å². The fourth-order valence-corrected chi connectivity index (χ4v) is 4.50. The number of aliphatic hydroxyl groups is 1. The Morgan fingerprint density at radius 3 is 1.56 bits per heavy atom. The zero-order valence-corrected chi connectivity index (χ0v) is 22.2. The van der Waals surface area contributed by atoms with Gasteiger partial charge in [-0.2, -0.15) is 0 Å². The molecule has 158 valence electrons. The fraction of sp³-hybridized carbons (Fsp3) is 1.00. The quantitative estimate of drug-likeness (QED) is 0.194. The van der Waals surface area contributed by atoms with Gasteiger partial charge in [-0.3, -0.25) is 0 Å². The van der Waals surface area contributed by atoms with Crippen molar-refractivity contribution in [3.8, 4) is 0 Å². The van der Waals surface area contributed by atoms with Crippen molar-refractivity contribution in [2.45, 2.75) is 134 Å². The molecule has 0 radical (unpaired) electrons. The Labute approximate surface area is 211 Å². The van der Waals surface area contributed by atoms with Gasteiger partial charge in [-0.1, -0.05) is 90.9 Å². The van der Waals surface area contributed by atoms with Gasteiger partial charge in [-0.25, -0.2) is 8.42 Å². The van der Waals surface area contributed by atoms with E-state index in [1.54, 1.807) is 0 Å². The van der Waals surface area contributed by atoms with E-state index < -0.39 is 15.4 Å². The van der Waals surface area contributed by atoms with E-state index in [-0.39, 0.29) is 57.5 Å². The van der Waals surface area contributed by atoms with Crippen LogP contribution in [0.3, 0.4) is 0 Å². The maximum absolute atomic E-state index is 11.2.